The first-order valence-corrected chi connectivity index (χ1v) is 17.9. The summed E-state index contributed by atoms with van der Waals surface area (Å²) in [6.45, 7) is 2.61. The van der Waals surface area contributed by atoms with Crippen LogP contribution in [0.15, 0.2) is 120 Å². The average Bonchev–Trinajstić information content (AvgIpc) is 3.61. The van der Waals surface area contributed by atoms with Gasteiger partial charge in [-0.3, -0.25) is 0 Å². The van der Waals surface area contributed by atoms with Gasteiger partial charge in [-0.15, -0.1) is 0 Å². The summed E-state index contributed by atoms with van der Waals surface area (Å²) in [5.74, 6) is 2.16. The maximum Gasteiger partial charge on any atom is 0.197 e. The molecule has 0 saturated heterocycles. The standard InChI is InChI=1S/C43H42N4/c1-43-27-26-28-14-8-9-19-31(28)38(43)35-25-24-33-32-20-11-13-23-37(32)46(30-17-6-3-7-18-30)40(33)41(35)47(43)42-44-36-22-12-10-21-34(36)39(45-42)29-15-4-2-5-16-29/h2-7,10-13,15-18,20-23,28,31,38,42,44H,8-9,14,19,24-27H2,1H3. The van der Waals surface area contributed by atoms with Gasteiger partial charge in [-0.05, 0) is 86.3 Å². The molecule has 0 amide bonds. The Morgan fingerprint density at radius 1 is 0.766 bits per heavy atom. The van der Waals surface area contributed by atoms with Crippen molar-refractivity contribution in [2.75, 3.05) is 5.32 Å². The quantitative estimate of drug-likeness (QED) is 0.219. The Morgan fingerprint density at radius 3 is 2.38 bits per heavy atom. The molecule has 5 aliphatic rings. The Morgan fingerprint density at radius 2 is 1.51 bits per heavy atom. The van der Waals surface area contributed by atoms with Crippen LogP contribution in [0.3, 0.4) is 0 Å². The molecule has 3 heterocycles. The van der Waals surface area contributed by atoms with Crippen LogP contribution in [-0.2, 0) is 6.42 Å². The van der Waals surface area contributed by atoms with Crippen LogP contribution >= 0.6 is 0 Å². The molecule has 2 fully saturated rings. The van der Waals surface area contributed by atoms with Crippen molar-refractivity contribution < 1.29 is 0 Å². The number of nitrogens with zero attached hydrogens (tertiary/aromatic N) is 3. The molecule has 1 N–H and O–H groups in total. The second-order valence-electron chi connectivity index (χ2n) is 14.7. The Kier molecular flexibility index (Phi) is 6.13. The summed E-state index contributed by atoms with van der Waals surface area (Å²) in [6, 6.07) is 39.8. The Balaban J connectivity index is 1.25. The minimum absolute atomic E-state index is 0.0159. The van der Waals surface area contributed by atoms with Crippen molar-refractivity contribution in [3.05, 3.63) is 137 Å². The monoisotopic (exact) mass is 614 g/mol. The highest BCUT2D eigenvalue weighted by atomic mass is 15.4. The largest absolute Gasteiger partial charge is 0.346 e. The molecule has 0 bridgehead atoms. The van der Waals surface area contributed by atoms with Crippen LogP contribution < -0.4 is 5.32 Å². The highest BCUT2D eigenvalue weighted by Gasteiger charge is 2.59. The maximum atomic E-state index is 5.72. The van der Waals surface area contributed by atoms with Gasteiger partial charge in [0.05, 0.1) is 22.6 Å². The van der Waals surface area contributed by atoms with Crippen molar-refractivity contribution in [2.24, 2.45) is 22.7 Å². The molecule has 4 nitrogen and oxygen atoms in total. The first-order valence-electron chi connectivity index (χ1n) is 17.9. The lowest BCUT2D eigenvalue weighted by atomic mass is 9.57. The molecule has 5 unspecified atom stereocenters. The molecule has 234 valence electrons. The number of benzene rings is 4. The van der Waals surface area contributed by atoms with E-state index >= 15 is 0 Å². The van der Waals surface area contributed by atoms with Gasteiger partial charge in [-0.1, -0.05) is 104 Å². The zero-order valence-electron chi connectivity index (χ0n) is 27.2. The number of nitrogens with one attached hydrogen (secondary N) is 1. The third-order valence-electron chi connectivity index (χ3n) is 12.4. The molecule has 2 aliphatic heterocycles. The van der Waals surface area contributed by atoms with E-state index in [4.69, 9.17) is 4.99 Å². The van der Waals surface area contributed by atoms with Gasteiger partial charge in [0.25, 0.3) is 0 Å². The minimum atomic E-state index is -0.201. The third kappa shape index (κ3) is 3.97. The smallest absolute Gasteiger partial charge is 0.197 e. The van der Waals surface area contributed by atoms with E-state index in [2.05, 4.69) is 131 Å². The fourth-order valence-electron chi connectivity index (χ4n) is 10.6. The van der Waals surface area contributed by atoms with Gasteiger partial charge in [-0.25, -0.2) is 4.99 Å². The van der Waals surface area contributed by atoms with Crippen molar-refractivity contribution in [2.45, 2.75) is 70.1 Å². The molecule has 2 saturated carbocycles. The van der Waals surface area contributed by atoms with Crippen molar-refractivity contribution in [1.82, 2.24) is 9.47 Å². The van der Waals surface area contributed by atoms with E-state index in [1.54, 1.807) is 5.57 Å². The molecule has 0 radical (unpaired) electrons. The van der Waals surface area contributed by atoms with Crippen molar-refractivity contribution in [3.63, 3.8) is 0 Å². The fourth-order valence-corrected chi connectivity index (χ4v) is 10.6. The van der Waals surface area contributed by atoms with E-state index in [0.29, 0.717) is 5.92 Å². The minimum Gasteiger partial charge on any atom is -0.346 e. The lowest BCUT2D eigenvalue weighted by Crippen LogP contribution is -2.58. The summed E-state index contributed by atoms with van der Waals surface area (Å²) in [4.78, 5) is 8.54. The number of anilines is 1. The second-order valence-corrected chi connectivity index (χ2v) is 14.7. The van der Waals surface area contributed by atoms with Crippen LogP contribution in [0.2, 0.25) is 0 Å². The Hall–Kier alpha value is -4.57. The molecule has 47 heavy (non-hydrogen) atoms. The summed E-state index contributed by atoms with van der Waals surface area (Å²) >= 11 is 0. The molecule has 1 aromatic heterocycles. The zero-order valence-corrected chi connectivity index (χ0v) is 27.2. The van der Waals surface area contributed by atoms with Gasteiger partial charge in [0.15, 0.2) is 6.29 Å². The maximum absolute atomic E-state index is 5.72. The number of aliphatic imine (C=N–C) groups is 1. The zero-order chi connectivity index (χ0) is 31.1. The Labute approximate surface area is 277 Å². The van der Waals surface area contributed by atoms with Gasteiger partial charge >= 0.3 is 0 Å². The number of aromatic nitrogens is 1. The van der Waals surface area contributed by atoms with Crippen LogP contribution in [-0.4, -0.2) is 27.0 Å². The lowest BCUT2D eigenvalue weighted by molar-refractivity contribution is -0.00376. The van der Waals surface area contributed by atoms with E-state index in [0.717, 1.165) is 30.4 Å². The van der Waals surface area contributed by atoms with Crippen molar-refractivity contribution in [3.8, 4) is 5.69 Å². The van der Waals surface area contributed by atoms with Crippen LogP contribution in [0.5, 0.6) is 0 Å². The predicted octanol–water partition coefficient (Wildman–Crippen LogP) is 9.83. The molecule has 3 aliphatic carbocycles. The molecule has 4 heteroatoms. The van der Waals surface area contributed by atoms with Gasteiger partial charge < -0.3 is 14.8 Å². The van der Waals surface area contributed by atoms with Gasteiger partial charge in [0.1, 0.15) is 0 Å². The lowest BCUT2D eigenvalue weighted by Gasteiger charge is -2.54. The normalized spacial score (nSPS) is 27.7. The topological polar surface area (TPSA) is 32.6 Å². The van der Waals surface area contributed by atoms with E-state index in [1.165, 1.54) is 88.9 Å². The Bertz CT molecular complexity index is 2070. The third-order valence-corrected chi connectivity index (χ3v) is 12.4. The van der Waals surface area contributed by atoms with E-state index in [1.807, 2.05) is 0 Å². The van der Waals surface area contributed by atoms with E-state index in [9.17, 15) is 0 Å². The summed E-state index contributed by atoms with van der Waals surface area (Å²) in [6.07, 6.45) is 10.1. The molecular formula is C43H42N4. The fraction of sp³-hybridized carbons (Fsp3) is 0.326. The van der Waals surface area contributed by atoms with E-state index in [-0.39, 0.29) is 11.8 Å². The highest BCUT2D eigenvalue weighted by molar-refractivity contribution is 6.17. The van der Waals surface area contributed by atoms with Crippen LogP contribution in [0.1, 0.15) is 74.3 Å². The van der Waals surface area contributed by atoms with Gasteiger partial charge in [0.2, 0.25) is 0 Å². The summed E-state index contributed by atoms with van der Waals surface area (Å²) in [5, 5.41) is 5.41. The predicted molar refractivity (Wildman–Crippen MR) is 193 cm³/mol. The number of fused-ring (bicyclic) bond motifs is 9. The molecular weight excluding hydrogens is 573 g/mol. The van der Waals surface area contributed by atoms with Crippen molar-refractivity contribution >= 4 is 28.0 Å². The average molecular weight is 615 g/mol. The van der Waals surface area contributed by atoms with Crippen molar-refractivity contribution in [1.29, 1.82) is 0 Å². The van der Waals surface area contributed by atoms with Crippen LogP contribution in [0.4, 0.5) is 5.69 Å². The van der Waals surface area contributed by atoms with Gasteiger partial charge in [-0.2, -0.15) is 0 Å². The highest BCUT2D eigenvalue weighted by Crippen LogP contribution is 2.63. The van der Waals surface area contributed by atoms with E-state index < -0.39 is 0 Å². The molecule has 5 aromatic rings. The second kappa shape index (κ2) is 10.5. The first kappa shape index (κ1) is 27.5. The van der Waals surface area contributed by atoms with Gasteiger partial charge in [0, 0.05) is 39.3 Å². The summed E-state index contributed by atoms with van der Waals surface area (Å²) < 4.78 is 2.59. The number of hydrogen-bond acceptors (Lipinski definition) is 3. The number of hydrogen-bond donors (Lipinski definition) is 1. The number of rotatable bonds is 3. The number of aryl methyl sites for hydroxylation is 1. The SMILES string of the molecule is CC12CCC3CCCCC3C1C1=C(c3c(c4ccccc4n3-c3ccccc3)CC1)N2C1N=C(c2ccccc2)c2ccccc2N1. The molecule has 10 rings (SSSR count). The van der Waals surface area contributed by atoms with Crippen LogP contribution in [0, 0.1) is 17.8 Å². The van der Waals surface area contributed by atoms with Crippen LogP contribution in [0.25, 0.3) is 22.3 Å². The first-order chi connectivity index (χ1) is 23.2. The summed E-state index contributed by atoms with van der Waals surface area (Å²) in [5.41, 5.74) is 13.2. The molecule has 0 spiro atoms. The molecule has 4 aromatic carbocycles. The summed E-state index contributed by atoms with van der Waals surface area (Å²) in [7, 11) is 0. The molecule has 5 atom stereocenters. The number of para-hydroxylation sites is 3.